The molecule has 2 aromatic rings. The number of aromatic nitrogens is 1. The van der Waals surface area contributed by atoms with Crippen LogP contribution in [0.1, 0.15) is 31.2 Å². The number of nitrogens with zero attached hydrogens (tertiary/aromatic N) is 2. The highest BCUT2D eigenvalue weighted by molar-refractivity contribution is 5.83. The molecular weight excluding hydrogens is 352 g/mol. The second-order valence-corrected chi connectivity index (χ2v) is 8.05. The van der Waals surface area contributed by atoms with Crippen molar-refractivity contribution in [1.82, 2.24) is 9.88 Å². The zero-order valence-corrected chi connectivity index (χ0v) is 16.2. The molecule has 1 aromatic heterocycles. The monoisotopic (exact) mass is 380 g/mol. The van der Waals surface area contributed by atoms with Crippen molar-refractivity contribution in [3.8, 4) is 11.1 Å². The van der Waals surface area contributed by atoms with Gasteiger partial charge in [-0.3, -0.25) is 9.78 Å². The summed E-state index contributed by atoms with van der Waals surface area (Å²) in [5, 5.41) is 10.0. The third kappa shape index (κ3) is 4.10. The maximum absolute atomic E-state index is 13.5. The van der Waals surface area contributed by atoms with Crippen molar-refractivity contribution in [3.05, 3.63) is 54.4 Å². The summed E-state index contributed by atoms with van der Waals surface area (Å²) < 4.78 is 5.59. The molecule has 2 fully saturated rings. The van der Waals surface area contributed by atoms with Crippen LogP contribution in [-0.4, -0.2) is 53.3 Å². The number of carbonyl (C=O) groups is 1. The topological polar surface area (TPSA) is 62.7 Å². The van der Waals surface area contributed by atoms with Gasteiger partial charge in [0, 0.05) is 38.7 Å². The Morgan fingerprint density at radius 2 is 1.96 bits per heavy atom. The second kappa shape index (κ2) is 8.41. The van der Waals surface area contributed by atoms with Crippen LogP contribution in [0, 0.1) is 5.41 Å². The van der Waals surface area contributed by atoms with E-state index < -0.39 is 11.5 Å². The molecule has 5 nitrogen and oxygen atoms in total. The number of aliphatic hydroxyl groups excluding tert-OH is 1. The maximum Gasteiger partial charge on any atom is 0.229 e. The molecule has 1 atom stereocenters. The average molecular weight is 380 g/mol. The predicted molar refractivity (Wildman–Crippen MR) is 108 cm³/mol. The van der Waals surface area contributed by atoms with E-state index in [1.807, 2.05) is 17.0 Å². The molecule has 4 rings (SSSR count). The number of rotatable bonds is 4. The van der Waals surface area contributed by atoms with Gasteiger partial charge in [-0.2, -0.15) is 0 Å². The Hall–Kier alpha value is -2.24. The van der Waals surface area contributed by atoms with Crippen LogP contribution in [0.25, 0.3) is 11.1 Å². The third-order valence-corrected chi connectivity index (χ3v) is 6.07. The van der Waals surface area contributed by atoms with Gasteiger partial charge in [0.05, 0.1) is 11.5 Å². The first-order valence-electron chi connectivity index (χ1n) is 10.2. The highest BCUT2D eigenvalue weighted by Gasteiger charge is 2.43. The number of β-amino-alcohol motifs (C(OH)–C–C–N with tert-alkyl or cyclic N) is 1. The van der Waals surface area contributed by atoms with E-state index in [0.29, 0.717) is 26.2 Å². The Labute approximate surface area is 166 Å². The average Bonchev–Trinajstić information content (AvgIpc) is 2.75. The maximum atomic E-state index is 13.5. The summed E-state index contributed by atoms with van der Waals surface area (Å²) >= 11 is 0. The van der Waals surface area contributed by atoms with E-state index >= 15 is 0 Å². The Morgan fingerprint density at radius 1 is 1.18 bits per heavy atom. The highest BCUT2D eigenvalue weighted by atomic mass is 16.5. The minimum atomic E-state index is -0.438. The van der Waals surface area contributed by atoms with Gasteiger partial charge in [-0.25, -0.2) is 0 Å². The lowest BCUT2D eigenvalue weighted by molar-refractivity contribution is -0.151. The molecule has 28 heavy (non-hydrogen) atoms. The van der Waals surface area contributed by atoms with Gasteiger partial charge in [-0.05, 0) is 60.9 Å². The highest BCUT2D eigenvalue weighted by Crippen LogP contribution is 2.38. The number of benzene rings is 1. The standard InChI is InChI=1S/C23H28N2O3/c26-21-5-2-12-25(17-21)22(27)23(8-13-28-14-9-23)16-18-3-1-4-20(15-18)19-6-10-24-11-7-19/h1,3-4,6-7,10-11,15,21,26H,2,5,8-9,12-14,16-17H2/t21-/m1/s1. The van der Waals surface area contributed by atoms with Gasteiger partial charge >= 0.3 is 0 Å². The van der Waals surface area contributed by atoms with Crippen molar-refractivity contribution in [2.24, 2.45) is 5.41 Å². The minimum Gasteiger partial charge on any atom is -0.391 e. The fourth-order valence-electron chi connectivity index (χ4n) is 4.50. The SMILES string of the molecule is O=C(N1CCC[C@@H](O)C1)C1(Cc2cccc(-c3ccncc3)c2)CCOCC1. The van der Waals surface area contributed by atoms with E-state index in [1.54, 1.807) is 12.4 Å². The molecule has 148 valence electrons. The van der Waals surface area contributed by atoms with Gasteiger partial charge in [0.1, 0.15) is 0 Å². The molecule has 0 aliphatic carbocycles. The molecule has 0 saturated carbocycles. The van der Waals surface area contributed by atoms with Gasteiger partial charge in [0.15, 0.2) is 0 Å². The van der Waals surface area contributed by atoms with Crippen LogP contribution in [0.5, 0.6) is 0 Å². The zero-order valence-electron chi connectivity index (χ0n) is 16.2. The van der Waals surface area contributed by atoms with Crippen molar-refractivity contribution in [2.75, 3.05) is 26.3 Å². The molecule has 3 heterocycles. The lowest BCUT2D eigenvalue weighted by Crippen LogP contribution is -2.52. The Bertz CT molecular complexity index is 803. The van der Waals surface area contributed by atoms with Gasteiger partial charge in [-0.15, -0.1) is 0 Å². The quantitative estimate of drug-likeness (QED) is 0.885. The number of carbonyl (C=O) groups excluding carboxylic acids is 1. The van der Waals surface area contributed by atoms with Crippen molar-refractivity contribution in [2.45, 2.75) is 38.2 Å². The molecule has 0 radical (unpaired) electrons. The first-order chi connectivity index (χ1) is 13.7. The van der Waals surface area contributed by atoms with Gasteiger partial charge < -0.3 is 14.7 Å². The van der Waals surface area contributed by atoms with E-state index in [4.69, 9.17) is 4.74 Å². The fraction of sp³-hybridized carbons (Fsp3) is 0.478. The Kier molecular flexibility index (Phi) is 5.74. The van der Waals surface area contributed by atoms with Gasteiger partial charge in [0.2, 0.25) is 5.91 Å². The van der Waals surface area contributed by atoms with Gasteiger partial charge in [-0.1, -0.05) is 24.3 Å². The normalized spacial score (nSPS) is 22.0. The Balaban J connectivity index is 1.59. The molecule has 1 aromatic carbocycles. The van der Waals surface area contributed by atoms with Crippen LogP contribution >= 0.6 is 0 Å². The number of hydrogen-bond acceptors (Lipinski definition) is 4. The minimum absolute atomic E-state index is 0.184. The molecule has 2 aliphatic heterocycles. The van der Waals surface area contributed by atoms with Crippen molar-refractivity contribution in [1.29, 1.82) is 0 Å². The fourth-order valence-corrected chi connectivity index (χ4v) is 4.50. The van der Waals surface area contributed by atoms with E-state index in [2.05, 4.69) is 29.2 Å². The van der Waals surface area contributed by atoms with Crippen molar-refractivity contribution < 1.29 is 14.6 Å². The summed E-state index contributed by atoms with van der Waals surface area (Å²) in [4.78, 5) is 19.5. The van der Waals surface area contributed by atoms with Gasteiger partial charge in [0.25, 0.3) is 0 Å². The first kappa shape index (κ1) is 19.1. The molecular formula is C23H28N2O3. The number of hydrogen-bond donors (Lipinski definition) is 1. The summed E-state index contributed by atoms with van der Waals surface area (Å²) in [6, 6.07) is 12.5. The third-order valence-electron chi connectivity index (χ3n) is 6.07. The zero-order chi connectivity index (χ0) is 19.4. The lowest BCUT2D eigenvalue weighted by atomic mass is 9.73. The molecule has 5 heteroatoms. The summed E-state index contributed by atoms with van der Waals surface area (Å²) in [6.45, 7) is 2.44. The number of likely N-dealkylation sites (tertiary alicyclic amines) is 1. The molecule has 1 amide bonds. The largest absolute Gasteiger partial charge is 0.391 e. The van der Waals surface area contributed by atoms with Crippen LogP contribution < -0.4 is 0 Å². The van der Waals surface area contributed by atoms with E-state index in [1.165, 1.54) is 5.56 Å². The first-order valence-corrected chi connectivity index (χ1v) is 10.2. The summed E-state index contributed by atoms with van der Waals surface area (Å²) in [5.74, 6) is 0.184. The second-order valence-electron chi connectivity index (χ2n) is 8.05. The number of pyridine rings is 1. The van der Waals surface area contributed by atoms with E-state index in [0.717, 1.165) is 43.4 Å². The lowest BCUT2D eigenvalue weighted by Gasteiger charge is -2.42. The number of amides is 1. The molecule has 2 saturated heterocycles. The summed E-state index contributed by atoms with van der Waals surface area (Å²) in [7, 11) is 0. The van der Waals surface area contributed by atoms with Crippen LogP contribution in [0.15, 0.2) is 48.8 Å². The predicted octanol–water partition coefficient (Wildman–Crippen LogP) is 3.07. The smallest absolute Gasteiger partial charge is 0.229 e. The van der Waals surface area contributed by atoms with Crippen molar-refractivity contribution >= 4 is 5.91 Å². The van der Waals surface area contributed by atoms with Crippen LogP contribution in [0.3, 0.4) is 0 Å². The van der Waals surface area contributed by atoms with E-state index in [-0.39, 0.29) is 5.91 Å². The number of piperidine rings is 1. The molecule has 0 bridgehead atoms. The molecule has 0 spiro atoms. The molecule has 1 N–H and O–H groups in total. The van der Waals surface area contributed by atoms with Crippen LogP contribution in [0.2, 0.25) is 0 Å². The molecule has 0 unspecified atom stereocenters. The van der Waals surface area contributed by atoms with Crippen molar-refractivity contribution in [3.63, 3.8) is 0 Å². The Morgan fingerprint density at radius 3 is 2.71 bits per heavy atom. The number of ether oxygens (including phenoxy) is 1. The summed E-state index contributed by atoms with van der Waals surface area (Å²) in [5.41, 5.74) is 3.00. The van der Waals surface area contributed by atoms with Crippen LogP contribution in [0.4, 0.5) is 0 Å². The summed E-state index contributed by atoms with van der Waals surface area (Å²) in [6.07, 6.45) is 7.03. The van der Waals surface area contributed by atoms with E-state index in [9.17, 15) is 9.90 Å². The van der Waals surface area contributed by atoms with Crippen LogP contribution in [-0.2, 0) is 16.0 Å². The molecule has 2 aliphatic rings. The number of aliphatic hydroxyl groups is 1.